The number of rotatable bonds is 27. The largest absolute Gasteiger partial charge is 0.371 e. The molecule has 0 bridgehead atoms. The molecule has 0 aliphatic rings. The smallest absolute Gasteiger partial charge is 0.269 e. The highest BCUT2D eigenvalue weighted by Crippen LogP contribution is 2.24. The molecular formula is C37H57N5O2. The van der Waals surface area contributed by atoms with Crippen molar-refractivity contribution < 1.29 is 4.92 Å². The number of hydrogen-bond acceptors (Lipinski definition) is 6. The van der Waals surface area contributed by atoms with Crippen LogP contribution in [-0.4, -0.2) is 18.0 Å². The average Bonchev–Trinajstić information content (AvgIpc) is 3.04. The molecule has 0 fully saturated rings. The molecule has 2 aromatic carbocycles. The molecule has 7 nitrogen and oxygen atoms in total. The van der Waals surface area contributed by atoms with E-state index in [4.69, 9.17) is 5.26 Å². The molecule has 0 aliphatic heterocycles. The molecule has 0 N–H and O–H groups in total. The quantitative estimate of drug-likeness (QED) is 0.0439. The Morgan fingerprint density at radius 3 is 1.39 bits per heavy atom. The molecule has 0 atom stereocenters. The third kappa shape index (κ3) is 17.8. The average molecular weight is 604 g/mol. The molecule has 2 aromatic rings. The summed E-state index contributed by atoms with van der Waals surface area (Å²) in [6.45, 7) is 3.96. The first-order valence-electron chi connectivity index (χ1n) is 17.5. The summed E-state index contributed by atoms with van der Waals surface area (Å²) in [5.74, 6) is 0. The fourth-order valence-corrected chi connectivity index (χ4v) is 5.60. The van der Waals surface area contributed by atoms with Crippen LogP contribution in [0.15, 0.2) is 58.8 Å². The van der Waals surface area contributed by atoms with Crippen LogP contribution in [0.2, 0.25) is 0 Å². The monoisotopic (exact) mass is 603 g/mol. The van der Waals surface area contributed by atoms with Gasteiger partial charge in [0.05, 0.1) is 28.8 Å². The summed E-state index contributed by atoms with van der Waals surface area (Å²) in [6.07, 6.45) is 28.1. The molecular weight excluding hydrogens is 546 g/mol. The standard InChI is InChI=1S/C37H57N5O2/c1-2-3-4-5-6-7-8-9-10-11-12-13-14-15-16-17-18-19-20-21-32-41(33-22-31-38)36-27-23-34(24-28-36)39-40-35-25-29-37(30-26-35)42(43)44/h23-30H,2-22,32-33H2,1H3/b40-39+. The number of hydrogen-bond donors (Lipinski definition) is 0. The molecule has 0 aliphatic carbocycles. The highest BCUT2D eigenvalue weighted by Gasteiger charge is 2.07. The molecule has 2 rings (SSSR count). The van der Waals surface area contributed by atoms with Gasteiger partial charge in [-0.2, -0.15) is 15.5 Å². The van der Waals surface area contributed by atoms with Crippen LogP contribution in [0.1, 0.15) is 142 Å². The zero-order valence-corrected chi connectivity index (χ0v) is 27.4. The highest BCUT2D eigenvalue weighted by molar-refractivity contribution is 5.53. The van der Waals surface area contributed by atoms with E-state index in [1.165, 1.54) is 134 Å². The van der Waals surface area contributed by atoms with Gasteiger partial charge in [0, 0.05) is 30.9 Å². The van der Waals surface area contributed by atoms with Crippen LogP contribution in [0.5, 0.6) is 0 Å². The zero-order valence-electron chi connectivity index (χ0n) is 27.4. The SMILES string of the molecule is CCCCCCCCCCCCCCCCCCCCCCN(CCC#N)c1ccc(/N=N/c2ccc([N+](=O)[O-])cc2)cc1. The van der Waals surface area contributed by atoms with Crippen molar-refractivity contribution in [2.75, 3.05) is 18.0 Å². The van der Waals surface area contributed by atoms with E-state index in [1.54, 1.807) is 12.1 Å². The summed E-state index contributed by atoms with van der Waals surface area (Å²) in [4.78, 5) is 12.7. The topological polar surface area (TPSA) is 94.9 Å². The van der Waals surface area contributed by atoms with Crippen LogP contribution in [-0.2, 0) is 0 Å². The normalized spacial score (nSPS) is 11.2. The van der Waals surface area contributed by atoms with E-state index in [1.807, 2.05) is 24.3 Å². The van der Waals surface area contributed by atoms with E-state index in [2.05, 4.69) is 28.1 Å². The first-order chi connectivity index (χ1) is 21.6. The molecule has 0 saturated carbocycles. The van der Waals surface area contributed by atoms with E-state index in [-0.39, 0.29) is 5.69 Å². The first-order valence-corrected chi connectivity index (χ1v) is 17.5. The van der Waals surface area contributed by atoms with Gasteiger partial charge in [-0.05, 0) is 42.8 Å². The van der Waals surface area contributed by atoms with E-state index >= 15 is 0 Å². The van der Waals surface area contributed by atoms with Gasteiger partial charge in [0.2, 0.25) is 0 Å². The predicted octanol–water partition coefficient (Wildman–Crippen LogP) is 12.6. The number of unbranched alkanes of at least 4 members (excludes halogenated alkanes) is 19. The van der Waals surface area contributed by atoms with Crippen LogP contribution in [0, 0.1) is 21.4 Å². The lowest BCUT2D eigenvalue weighted by atomic mass is 10.0. The lowest BCUT2D eigenvalue weighted by Crippen LogP contribution is -2.25. The number of benzene rings is 2. The minimum absolute atomic E-state index is 0.0333. The van der Waals surface area contributed by atoms with Gasteiger partial charge in [-0.15, -0.1) is 0 Å². The molecule has 44 heavy (non-hydrogen) atoms. The van der Waals surface area contributed by atoms with Crippen molar-refractivity contribution in [3.63, 3.8) is 0 Å². The fraction of sp³-hybridized carbons (Fsp3) is 0.649. The molecule has 0 radical (unpaired) electrons. The van der Waals surface area contributed by atoms with Crippen molar-refractivity contribution in [2.45, 2.75) is 142 Å². The number of anilines is 1. The third-order valence-corrected chi connectivity index (χ3v) is 8.33. The molecule has 7 heteroatoms. The van der Waals surface area contributed by atoms with Gasteiger partial charge >= 0.3 is 0 Å². The summed E-state index contributed by atoms with van der Waals surface area (Å²) in [7, 11) is 0. The number of nitrogens with zero attached hydrogens (tertiary/aromatic N) is 5. The van der Waals surface area contributed by atoms with Crippen molar-refractivity contribution in [1.29, 1.82) is 5.26 Å². The van der Waals surface area contributed by atoms with Crippen LogP contribution in [0.4, 0.5) is 22.7 Å². The van der Waals surface area contributed by atoms with E-state index in [0.717, 1.165) is 25.2 Å². The summed E-state index contributed by atoms with van der Waals surface area (Å²) in [5, 5.41) is 28.4. The molecule has 0 aromatic heterocycles. The maximum Gasteiger partial charge on any atom is 0.269 e. The Kier molecular flexibility index (Phi) is 21.1. The Balaban J connectivity index is 1.51. The fourth-order valence-electron chi connectivity index (χ4n) is 5.60. The number of nitro groups is 1. The second kappa shape index (κ2) is 25.1. The van der Waals surface area contributed by atoms with Crippen molar-refractivity contribution in [3.8, 4) is 6.07 Å². The number of nitriles is 1. The van der Waals surface area contributed by atoms with Crippen LogP contribution < -0.4 is 4.90 Å². The Morgan fingerprint density at radius 2 is 1.00 bits per heavy atom. The first kappa shape index (κ1) is 36.9. The number of nitro benzene ring substituents is 1. The van der Waals surface area contributed by atoms with Gasteiger partial charge in [-0.25, -0.2) is 0 Å². The van der Waals surface area contributed by atoms with Gasteiger partial charge < -0.3 is 4.90 Å². The molecule has 0 amide bonds. The van der Waals surface area contributed by atoms with Gasteiger partial charge in [-0.1, -0.05) is 129 Å². The molecule has 0 spiro atoms. The Labute approximate surface area is 267 Å². The number of non-ortho nitro benzene ring substituents is 1. The summed E-state index contributed by atoms with van der Waals surface area (Å²) >= 11 is 0. The second-order valence-corrected chi connectivity index (χ2v) is 12.1. The van der Waals surface area contributed by atoms with Crippen LogP contribution >= 0.6 is 0 Å². The van der Waals surface area contributed by atoms with Crippen molar-refractivity contribution in [3.05, 3.63) is 58.6 Å². The van der Waals surface area contributed by atoms with Crippen LogP contribution in [0.25, 0.3) is 0 Å². The van der Waals surface area contributed by atoms with E-state index in [9.17, 15) is 10.1 Å². The van der Waals surface area contributed by atoms with Gasteiger partial charge in [0.15, 0.2) is 0 Å². The predicted molar refractivity (Wildman–Crippen MR) is 184 cm³/mol. The second-order valence-electron chi connectivity index (χ2n) is 12.1. The summed E-state index contributed by atoms with van der Waals surface area (Å²) < 4.78 is 0. The van der Waals surface area contributed by atoms with Gasteiger partial charge in [0.25, 0.3) is 5.69 Å². The maximum atomic E-state index is 10.8. The van der Waals surface area contributed by atoms with Gasteiger partial charge in [-0.3, -0.25) is 10.1 Å². The minimum atomic E-state index is -0.431. The van der Waals surface area contributed by atoms with Crippen LogP contribution in [0.3, 0.4) is 0 Å². The Bertz CT molecular complexity index is 1060. The van der Waals surface area contributed by atoms with Crippen molar-refractivity contribution >= 4 is 22.7 Å². The summed E-state index contributed by atoms with van der Waals surface area (Å²) in [6, 6.07) is 16.2. The van der Waals surface area contributed by atoms with Gasteiger partial charge in [0.1, 0.15) is 0 Å². The lowest BCUT2D eigenvalue weighted by molar-refractivity contribution is -0.384. The zero-order chi connectivity index (χ0) is 31.5. The third-order valence-electron chi connectivity index (χ3n) is 8.33. The highest BCUT2D eigenvalue weighted by atomic mass is 16.6. The summed E-state index contributed by atoms with van der Waals surface area (Å²) in [5.41, 5.74) is 2.40. The number of azo groups is 1. The molecule has 0 unspecified atom stereocenters. The Morgan fingerprint density at radius 1 is 0.614 bits per heavy atom. The van der Waals surface area contributed by atoms with E-state index < -0.39 is 4.92 Å². The van der Waals surface area contributed by atoms with Crippen molar-refractivity contribution in [2.24, 2.45) is 10.2 Å². The van der Waals surface area contributed by atoms with Crippen molar-refractivity contribution in [1.82, 2.24) is 0 Å². The molecule has 242 valence electrons. The Hall–Kier alpha value is -3.27. The minimum Gasteiger partial charge on any atom is -0.371 e. The lowest BCUT2D eigenvalue weighted by Gasteiger charge is -2.24. The maximum absolute atomic E-state index is 10.8. The molecule has 0 heterocycles. The van der Waals surface area contributed by atoms with E-state index in [0.29, 0.717) is 17.8 Å². The molecule has 0 saturated heterocycles.